The molecule has 0 fully saturated rings. The Morgan fingerprint density at radius 1 is 1.33 bits per heavy atom. The Labute approximate surface area is 139 Å². The van der Waals surface area contributed by atoms with Crippen molar-refractivity contribution in [3.8, 4) is 0 Å². The second-order valence-corrected chi connectivity index (χ2v) is 4.28. The third-order valence-electron chi connectivity index (χ3n) is 2.73. The third kappa shape index (κ3) is 5.91. The summed E-state index contributed by atoms with van der Waals surface area (Å²) in [6.07, 6.45) is -2.81. The number of hydrogen-bond donors (Lipinski definition) is 1. The number of halogens is 3. The Morgan fingerprint density at radius 2 is 1.92 bits per heavy atom. The maximum absolute atomic E-state index is 12.8. The largest absolute Gasteiger partial charge is 0.465 e. The monoisotopic (exact) mass is 342 g/mol. The molecule has 0 heterocycles. The van der Waals surface area contributed by atoms with Crippen LogP contribution in [-0.2, 0) is 4.74 Å². The van der Waals surface area contributed by atoms with E-state index in [1.54, 1.807) is 0 Å². The van der Waals surface area contributed by atoms with E-state index >= 15 is 0 Å². The lowest BCUT2D eigenvalue weighted by molar-refractivity contribution is -0.0923. The number of alkyl halides is 3. The molecule has 24 heavy (non-hydrogen) atoms. The zero-order valence-corrected chi connectivity index (χ0v) is 14.1. The van der Waals surface area contributed by atoms with Gasteiger partial charge in [-0.1, -0.05) is 32.6 Å². The van der Waals surface area contributed by atoms with Gasteiger partial charge in [0.1, 0.15) is 5.70 Å². The molecule has 1 aromatic carbocycles. The van der Waals surface area contributed by atoms with Gasteiger partial charge in [0.15, 0.2) is 0 Å². The minimum Gasteiger partial charge on any atom is -0.465 e. The van der Waals surface area contributed by atoms with Gasteiger partial charge >= 0.3 is 12.1 Å². The first-order valence-corrected chi connectivity index (χ1v) is 7.14. The third-order valence-corrected chi connectivity index (χ3v) is 2.73. The summed E-state index contributed by atoms with van der Waals surface area (Å²) in [5, 5.41) is 0. The van der Waals surface area contributed by atoms with Crippen LogP contribution in [0.3, 0.4) is 0 Å². The van der Waals surface area contributed by atoms with Crippen LogP contribution in [0.15, 0.2) is 47.6 Å². The minimum atomic E-state index is -4.59. The van der Waals surface area contributed by atoms with Crippen molar-refractivity contribution < 1.29 is 22.7 Å². The molecule has 0 atom stereocenters. The number of methoxy groups -OCH3 is 1. The lowest BCUT2D eigenvalue weighted by Gasteiger charge is -2.10. The number of nitrogens with zero attached hydrogens (tertiary/aromatic N) is 1. The van der Waals surface area contributed by atoms with Crippen LogP contribution >= 0.6 is 0 Å². The van der Waals surface area contributed by atoms with Gasteiger partial charge in [-0.2, -0.15) is 13.2 Å². The number of carbonyl (C=O) groups excluding carboxylic acids is 1. The van der Waals surface area contributed by atoms with E-state index in [9.17, 15) is 18.0 Å². The van der Waals surface area contributed by atoms with Crippen LogP contribution in [0, 0.1) is 0 Å². The van der Waals surface area contributed by atoms with Crippen molar-refractivity contribution in [3.63, 3.8) is 0 Å². The molecule has 0 aromatic heterocycles. The molecular formula is C17H21F3N2O2. The van der Waals surface area contributed by atoms with E-state index < -0.39 is 17.8 Å². The average molecular weight is 342 g/mol. The molecule has 0 radical (unpaired) electrons. The van der Waals surface area contributed by atoms with E-state index in [-0.39, 0.29) is 17.0 Å². The molecule has 1 rings (SSSR count). The van der Waals surface area contributed by atoms with Crippen molar-refractivity contribution >= 4 is 17.4 Å². The van der Waals surface area contributed by atoms with Crippen molar-refractivity contribution in [1.29, 1.82) is 0 Å². The summed E-state index contributed by atoms with van der Waals surface area (Å²) in [6, 6.07) is 4.19. The highest BCUT2D eigenvalue weighted by molar-refractivity contribution is 6.02. The number of esters is 1. The van der Waals surface area contributed by atoms with E-state index in [1.165, 1.54) is 32.2 Å². The first-order valence-electron chi connectivity index (χ1n) is 7.14. The second-order valence-electron chi connectivity index (χ2n) is 4.28. The fourth-order valence-corrected chi connectivity index (χ4v) is 1.64. The maximum atomic E-state index is 12.8. The molecule has 0 bridgehead atoms. The molecule has 7 heteroatoms. The zero-order valence-electron chi connectivity index (χ0n) is 14.1. The highest BCUT2D eigenvalue weighted by Crippen LogP contribution is 2.27. The van der Waals surface area contributed by atoms with Crippen LogP contribution in [0.5, 0.6) is 0 Å². The molecule has 2 N–H and O–H groups in total. The lowest BCUT2D eigenvalue weighted by atomic mass is 10.1. The van der Waals surface area contributed by atoms with E-state index in [2.05, 4.69) is 16.3 Å². The van der Waals surface area contributed by atoms with Crippen LogP contribution in [0.2, 0.25) is 0 Å². The number of ether oxygens (including phenoxy) is 1. The van der Waals surface area contributed by atoms with E-state index in [4.69, 9.17) is 5.73 Å². The first kappa shape index (κ1) is 21.4. The minimum absolute atomic E-state index is 0.0974. The van der Waals surface area contributed by atoms with Gasteiger partial charge in [0.2, 0.25) is 0 Å². The zero-order chi connectivity index (χ0) is 18.9. The van der Waals surface area contributed by atoms with E-state index in [0.29, 0.717) is 5.56 Å². The smallest absolute Gasteiger partial charge is 0.433 e. The number of nitrogen functional groups attached to an aromatic ring is 1. The topological polar surface area (TPSA) is 64.7 Å². The molecule has 0 aliphatic rings. The van der Waals surface area contributed by atoms with Crippen LogP contribution in [-0.4, -0.2) is 25.0 Å². The molecule has 0 amide bonds. The van der Waals surface area contributed by atoms with E-state index in [1.807, 2.05) is 13.8 Å². The molecule has 0 saturated heterocycles. The Bertz CT molecular complexity index is 648. The van der Waals surface area contributed by atoms with Gasteiger partial charge in [-0.15, -0.1) is 0 Å². The van der Waals surface area contributed by atoms with Crippen molar-refractivity contribution in [2.45, 2.75) is 26.9 Å². The van der Waals surface area contributed by atoms with Crippen LogP contribution < -0.4 is 5.73 Å². The van der Waals surface area contributed by atoms with Crippen LogP contribution in [0.25, 0.3) is 0 Å². The molecule has 4 nitrogen and oxygen atoms in total. The van der Waals surface area contributed by atoms with Gasteiger partial charge in [-0.25, -0.2) is 9.79 Å². The Balaban J connectivity index is 0.00000254. The number of nitrogens with two attached hydrogens (primary N) is 1. The molecular weight excluding hydrogens is 321 g/mol. The number of carbonyl (C=O) groups is 1. The molecule has 0 spiro atoms. The molecule has 1 aromatic rings. The predicted octanol–water partition coefficient (Wildman–Crippen LogP) is 4.52. The Kier molecular flexibility index (Phi) is 8.52. The fourth-order valence-electron chi connectivity index (χ4n) is 1.64. The average Bonchev–Trinajstić information content (AvgIpc) is 2.54. The standard InChI is InChI=1S/C15H15F3N2O2.C2H6/c1-4-5-13(15(16,17)18)20-9(2)10-6-7-11(12(19)8-10)14(21)22-3;1-2/h4-8H,1,19H2,2-3H3;1-2H3/b13-5-,20-9?;. The fraction of sp³-hybridized carbons (Fsp3) is 0.294. The number of hydrogen-bond acceptors (Lipinski definition) is 4. The summed E-state index contributed by atoms with van der Waals surface area (Å²) in [4.78, 5) is 15.0. The van der Waals surface area contributed by atoms with Crippen LogP contribution in [0.4, 0.5) is 18.9 Å². The quantitative estimate of drug-likeness (QED) is 0.379. The Hall–Kier alpha value is -2.57. The first-order chi connectivity index (χ1) is 11.2. The van der Waals surface area contributed by atoms with Gasteiger partial charge in [0.05, 0.1) is 12.7 Å². The summed E-state index contributed by atoms with van der Waals surface area (Å²) >= 11 is 0. The van der Waals surface area contributed by atoms with Crippen molar-refractivity contribution in [2.24, 2.45) is 4.99 Å². The highest BCUT2D eigenvalue weighted by atomic mass is 19.4. The summed E-state index contributed by atoms with van der Waals surface area (Å²) in [7, 11) is 1.21. The second kappa shape index (κ2) is 9.54. The molecule has 0 saturated carbocycles. The van der Waals surface area contributed by atoms with E-state index in [0.717, 1.165) is 12.2 Å². The van der Waals surface area contributed by atoms with Gasteiger partial charge < -0.3 is 10.5 Å². The summed E-state index contributed by atoms with van der Waals surface area (Å²) in [5.74, 6) is -0.624. The predicted molar refractivity (Wildman–Crippen MR) is 90.1 cm³/mol. The summed E-state index contributed by atoms with van der Waals surface area (Å²) in [6.45, 7) is 8.64. The van der Waals surface area contributed by atoms with Gasteiger partial charge in [-0.05, 0) is 30.7 Å². The number of benzene rings is 1. The van der Waals surface area contributed by atoms with Crippen molar-refractivity contribution in [1.82, 2.24) is 0 Å². The SMILES string of the molecule is C=C/C=C(\N=C(C)c1ccc(C(=O)OC)c(N)c1)C(F)(F)F.CC. The van der Waals surface area contributed by atoms with Crippen LogP contribution in [0.1, 0.15) is 36.7 Å². The lowest BCUT2D eigenvalue weighted by Crippen LogP contribution is -2.12. The maximum Gasteiger partial charge on any atom is 0.433 e. The number of rotatable bonds is 4. The highest BCUT2D eigenvalue weighted by Gasteiger charge is 2.33. The van der Waals surface area contributed by atoms with Gasteiger partial charge in [0, 0.05) is 11.4 Å². The van der Waals surface area contributed by atoms with Gasteiger partial charge in [-0.3, -0.25) is 0 Å². The molecule has 132 valence electrons. The Morgan fingerprint density at radius 3 is 2.33 bits per heavy atom. The molecule has 0 aliphatic carbocycles. The number of allylic oxidation sites excluding steroid dienone is 3. The molecule has 0 unspecified atom stereocenters. The molecule has 0 aliphatic heterocycles. The van der Waals surface area contributed by atoms with Gasteiger partial charge in [0.25, 0.3) is 0 Å². The summed E-state index contributed by atoms with van der Waals surface area (Å²) < 4.78 is 42.8. The van der Waals surface area contributed by atoms with Crippen molar-refractivity contribution in [3.05, 3.63) is 53.8 Å². The normalized spacial score (nSPS) is 12.1. The van der Waals surface area contributed by atoms with Crippen molar-refractivity contribution in [2.75, 3.05) is 12.8 Å². The number of aliphatic imine (C=N–C) groups is 1. The summed E-state index contributed by atoms with van der Waals surface area (Å²) in [5.41, 5.74) is 5.33. The number of anilines is 1.